The second-order valence-corrected chi connectivity index (χ2v) is 6.48. The number of hydrogen-bond donors (Lipinski definition) is 2. The van der Waals surface area contributed by atoms with E-state index in [4.69, 9.17) is 0 Å². The average Bonchev–Trinajstić information content (AvgIpc) is 2.80. The van der Waals surface area contributed by atoms with Crippen molar-refractivity contribution in [3.05, 3.63) is 49.8 Å². The first kappa shape index (κ1) is 16.0. The highest BCUT2D eigenvalue weighted by Gasteiger charge is 2.07. The van der Waals surface area contributed by atoms with Crippen LogP contribution in [-0.2, 0) is 18.3 Å². The Bertz CT molecular complexity index is 698. The summed E-state index contributed by atoms with van der Waals surface area (Å²) in [6.07, 6.45) is 3.56. The van der Waals surface area contributed by atoms with E-state index in [1.807, 2.05) is 52.5 Å². The molecule has 0 radical (unpaired) electrons. The fraction of sp³-hybridized carbons (Fsp3) is 0.143. The van der Waals surface area contributed by atoms with E-state index in [1.54, 1.807) is 12.1 Å². The number of carbonyl (C=O) groups is 1. The SMILES string of the molecule is Cn1cccc1CC(=O)N/N=C\c1cc(Br)cc(I)c1O. The molecule has 2 rings (SSSR count). The van der Waals surface area contributed by atoms with Crippen LogP contribution in [0.5, 0.6) is 5.75 Å². The van der Waals surface area contributed by atoms with Crippen molar-refractivity contribution in [2.24, 2.45) is 12.1 Å². The number of aromatic hydroxyl groups is 1. The lowest BCUT2D eigenvalue weighted by molar-refractivity contribution is -0.120. The predicted molar refractivity (Wildman–Crippen MR) is 93.4 cm³/mol. The van der Waals surface area contributed by atoms with E-state index >= 15 is 0 Å². The molecule has 1 aromatic carbocycles. The third-order valence-corrected chi connectivity index (χ3v) is 4.12. The van der Waals surface area contributed by atoms with Crippen LogP contribution in [0.2, 0.25) is 0 Å². The first-order valence-electron chi connectivity index (χ1n) is 6.07. The molecule has 7 heteroatoms. The summed E-state index contributed by atoms with van der Waals surface area (Å²) in [5.41, 5.74) is 3.89. The number of rotatable bonds is 4. The highest BCUT2D eigenvalue weighted by Crippen LogP contribution is 2.27. The maximum absolute atomic E-state index is 11.8. The number of benzene rings is 1. The van der Waals surface area contributed by atoms with Gasteiger partial charge >= 0.3 is 0 Å². The summed E-state index contributed by atoms with van der Waals surface area (Å²) in [4.78, 5) is 11.8. The fourth-order valence-electron chi connectivity index (χ4n) is 1.74. The topological polar surface area (TPSA) is 66.6 Å². The Balaban J connectivity index is 1.99. The van der Waals surface area contributed by atoms with Crippen molar-refractivity contribution in [3.63, 3.8) is 0 Å². The normalized spacial score (nSPS) is 11.0. The van der Waals surface area contributed by atoms with Crippen molar-refractivity contribution in [3.8, 4) is 5.75 Å². The van der Waals surface area contributed by atoms with E-state index in [-0.39, 0.29) is 18.1 Å². The first-order valence-corrected chi connectivity index (χ1v) is 7.94. The number of halogens is 2. The van der Waals surface area contributed by atoms with Gasteiger partial charge in [-0.3, -0.25) is 4.79 Å². The van der Waals surface area contributed by atoms with Crippen LogP contribution >= 0.6 is 38.5 Å². The fourth-order valence-corrected chi connectivity index (χ4v) is 3.29. The van der Waals surface area contributed by atoms with E-state index in [0.717, 1.165) is 10.2 Å². The zero-order chi connectivity index (χ0) is 15.4. The van der Waals surface area contributed by atoms with Gasteiger partial charge in [0.05, 0.1) is 16.2 Å². The molecular weight excluding hydrogens is 449 g/mol. The van der Waals surface area contributed by atoms with Gasteiger partial charge in [-0.05, 0) is 46.9 Å². The van der Waals surface area contributed by atoms with Gasteiger partial charge < -0.3 is 9.67 Å². The van der Waals surface area contributed by atoms with Gasteiger partial charge in [0.1, 0.15) is 5.75 Å². The quantitative estimate of drug-likeness (QED) is 0.417. The van der Waals surface area contributed by atoms with E-state index in [9.17, 15) is 9.90 Å². The molecule has 5 nitrogen and oxygen atoms in total. The standard InChI is InChI=1S/C14H13BrIN3O2/c1-19-4-2-3-11(19)7-13(20)18-17-8-9-5-10(15)6-12(16)14(9)21/h2-6,8,21H,7H2,1H3,(H,18,20)/b17-8-. The third-order valence-electron chi connectivity index (χ3n) is 2.84. The molecule has 2 N–H and O–H groups in total. The van der Waals surface area contributed by atoms with Gasteiger partial charge in [-0.25, -0.2) is 5.43 Å². The Morgan fingerprint density at radius 3 is 3.00 bits per heavy atom. The number of aryl methyl sites for hydroxylation is 1. The zero-order valence-electron chi connectivity index (χ0n) is 11.2. The van der Waals surface area contributed by atoms with Crippen LogP contribution in [0.15, 0.2) is 40.0 Å². The first-order chi connectivity index (χ1) is 9.97. The van der Waals surface area contributed by atoms with Gasteiger partial charge in [0.2, 0.25) is 5.91 Å². The molecule has 0 saturated heterocycles. The van der Waals surface area contributed by atoms with Gasteiger partial charge in [-0.15, -0.1) is 0 Å². The molecule has 0 spiro atoms. The molecule has 1 aromatic heterocycles. The van der Waals surface area contributed by atoms with Crippen molar-refractivity contribution in [1.29, 1.82) is 0 Å². The monoisotopic (exact) mass is 461 g/mol. The second kappa shape index (κ2) is 7.08. The van der Waals surface area contributed by atoms with Gasteiger partial charge in [0.15, 0.2) is 0 Å². The molecule has 2 aromatic rings. The lowest BCUT2D eigenvalue weighted by atomic mass is 10.2. The highest BCUT2D eigenvalue weighted by molar-refractivity contribution is 14.1. The van der Waals surface area contributed by atoms with Gasteiger partial charge in [-0.1, -0.05) is 15.9 Å². The van der Waals surface area contributed by atoms with Crippen LogP contribution in [0, 0.1) is 3.57 Å². The minimum atomic E-state index is -0.211. The highest BCUT2D eigenvalue weighted by atomic mass is 127. The summed E-state index contributed by atoms with van der Waals surface area (Å²) in [5, 5.41) is 13.8. The Kier molecular flexibility index (Phi) is 5.40. The molecule has 0 fully saturated rings. The van der Waals surface area contributed by atoms with Crippen molar-refractivity contribution in [2.45, 2.75) is 6.42 Å². The van der Waals surface area contributed by atoms with E-state index in [2.05, 4.69) is 26.5 Å². The van der Waals surface area contributed by atoms with Crippen LogP contribution in [0.3, 0.4) is 0 Å². The number of nitrogens with one attached hydrogen (secondary N) is 1. The predicted octanol–water partition coefficient (Wildman–Crippen LogP) is 2.79. The van der Waals surface area contributed by atoms with Gasteiger partial charge in [-0.2, -0.15) is 5.10 Å². The molecule has 0 saturated carbocycles. The summed E-state index contributed by atoms with van der Waals surface area (Å²) < 4.78 is 3.42. The number of aromatic nitrogens is 1. The molecule has 0 unspecified atom stereocenters. The molecule has 0 aliphatic carbocycles. The maximum atomic E-state index is 11.8. The van der Waals surface area contributed by atoms with E-state index < -0.39 is 0 Å². The Labute approximate surface area is 144 Å². The van der Waals surface area contributed by atoms with Crippen LogP contribution in [0.4, 0.5) is 0 Å². The lowest BCUT2D eigenvalue weighted by Crippen LogP contribution is -2.20. The summed E-state index contributed by atoms with van der Waals surface area (Å²) in [7, 11) is 1.88. The minimum Gasteiger partial charge on any atom is -0.506 e. The number of hydrazone groups is 1. The summed E-state index contributed by atoms with van der Waals surface area (Å²) in [5.74, 6) is -0.0727. The van der Waals surface area contributed by atoms with Crippen molar-refractivity contribution in [2.75, 3.05) is 0 Å². The number of carbonyl (C=O) groups excluding carboxylic acids is 1. The molecule has 1 heterocycles. The van der Waals surface area contributed by atoms with Gasteiger partial charge in [0.25, 0.3) is 0 Å². The summed E-state index contributed by atoms with van der Waals surface area (Å²) in [6.45, 7) is 0. The average molecular weight is 462 g/mol. The van der Waals surface area contributed by atoms with Crippen LogP contribution in [-0.4, -0.2) is 21.8 Å². The number of phenolic OH excluding ortho intramolecular Hbond substituents is 1. The Morgan fingerprint density at radius 1 is 1.57 bits per heavy atom. The maximum Gasteiger partial charge on any atom is 0.245 e. The van der Waals surface area contributed by atoms with Crippen molar-refractivity contribution >= 4 is 50.6 Å². The van der Waals surface area contributed by atoms with Crippen LogP contribution in [0.1, 0.15) is 11.3 Å². The Hall–Kier alpha value is -1.35. The van der Waals surface area contributed by atoms with Crippen LogP contribution in [0.25, 0.3) is 0 Å². The van der Waals surface area contributed by atoms with Crippen molar-refractivity contribution in [1.82, 2.24) is 9.99 Å². The lowest BCUT2D eigenvalue weighted by Gasteiger charge is -2.04. The summed E-state index contributed by atoms with van der Waals surface area (Å²) >= 11 is 5.37. The van der Waals surface area contributed by atoms with E-state index in [0.29, 0.717) is 9.13 Å². The summed E-state index contributed by atoms with van der Waals surface area (Å²) in [6, 6.07) is 7.28. The van der Waals surface area contributed by atoms with E-state index in [1.165, 1.54) is 6.21 Å². The zero-order valence-corrected chi connectivity index (χ0v) is 14.9. The molecule has 0 aliphatic rings. The molecular formula is C14H13BrIN3O2. The van der Waals surface area contributed by atoms with Crippen molar-refractivity contribution < 1.29 is 9.90 Å². The smallest absolute Gasteiger partial charge is 0.245 e. The molecule has 0 aliphatic heterocycles. The number of amides is 1. The number of nitrogens with zero attached hydrogens (tertiary/aromatic N) is 2. The molecule has 110 valence electrons. The second-order valence-electron chi connectivity index (χ2n) is 4.41. The Morgan fingerprint density at radius 2 is 2.33 bits per heavy atom. The van der Waals surface area contributed by atoms with Gasteiger partial charge in [0, 0.05) is 29.0 Å². The number of hydrogen-bond acceptors (Lipinski definition) is 3. The number of phenols is 1. The minimum absolute atomic E-state index is 0.138. The molecule has 0 bridgehead atoms. The molecule has 1 amide bonds. The molecule has 21 heavy (non-hydrogen) atoms. The molecule has 0 atom stereocenters. The largest absolute Gasteiger partial charge is 0.506 e. The third kappa shape index (κ3) is 4.31. The van der Waals surface area contributed by atoms with Crippen LogP contribution < -0.4 is 5.43 Å².